The van der Waals surface area contributed by atoms with Crippen molar-refractivity contribution in [3.05, 3.63) is 16.1 Å². The molecule has 22 heavy (non-hydrogen) atoms. The maximum atomic E-state index is 4.82. The van der Waals surface area contributed by atoms with Crippen LogP contribution in [0, 0.1) is 5.41 Å². The topological polar surface area (TPSA) is 40.5 Å². The van der Waals surface area contributed by atoms with Crippen LogP contribution in [0.25, 0.3) is 0 Å². The van der Waals surface area contributed by atoms with Crippen molar-refractivity contribution in [1.29, 1.82) is 0 Å². The van der Waals surface area contributed by atoms with Gasteiger partial charge in [-0.05, 0) is 38.0 Å². The van der Waals surface area contributed by atoms with Gasteiger partial charge in [0, 0.05) is 30.7 Å². The summed E-state index contributed by atoms with van der Waals surface area (Å²) in [6, 6.07) is 0. The molecule has 1 aromatic rings. The van der Waals surface area contributed by atoms with E-state index in [4.69, 9.17) is 4.99 Å². The van der Waals surface area contributed by atoms with Gasteiger partial charge in [-0.1, -0.05) is 13.3 Å². The van der Waals surface area contributed by atoms with E-state index >= 15 is 0 Å². The van der Waals surface area contributed by atoms with Crippen LogP contribution >= 0.6 is 35.3 Å². The smallest absolute Gasteiger partial charge is 0.194 e. The predicted octanol–water partition coefficient (Wildman–Crippen LogP) is 3.67. The van der Waals surface area contributed by atoms with Crippen molar-refractivity contribution >= 4 is 41.3 Å². The highest BCUT2D eigenvalue weighted by molar-refractivity contribution is 14.0. The molecule has 2 aliphatic rings. The first-order valence-electron chi connectivity index (χ1n) is 8.21. The molecule has 0 amide bonds. The third-order valence-electron chi connectivity index (χ3n) is 4.80. The number of thiazole rings is 1. The first-order chi connectivity index (χ1) is 10.2. The summed E-state index contributed by atoms with van der Waals surface area (Å²) >= 11 is 1.79. The van der Waals surface area contributed by atoms with Crippen molar-refractivity contribution < 1.29 is 0 Å². The number of aliphatic imine (C=N–C) groups is 1. The van der Waals surface area contributed by atoms with Crippen LogP contribution in [0.5, 0.6) is 0 Å². The van der Waals surface area contributed by atoms with Crippen molar-refractivity contribution in [2.45, 2.75) is 52.5 Å². The number of aryl methyl sites for hydroxylation is 1. The average molecular weight is 434 g/mol. The molecule has 3 rings (SSSR count). The molecule has 1 aromatic heterocycles. The van der Waals surface area contributed by atoms with Gasteiger partial charge in [0.1, 0.15) is 5.01 Å². The molecule has 124 valence electrons. The Hall–Kier alpha value is -0.370. The number of hydrogen-bond donors (Lipinski definition) is 1. The van der Waals surface area contributed by atoms with E-state index < -0.39 is 0 Å². The van der Waals surface area contributed by atoms with E-state index in [9.17, 15) is 0 Å². The van der Waals surface area contributed by atoms with Crippen LogP contribution in [-0.2, 0) is 13.0 Å². The van der Waals surface area contributed by atoms with Gasteiger partial charge >= 0.3 is 0 Å². The monoisotopic (exact) mass is 434 g/mol. The lowest BCUT2D eigenvalue weighted by molar-refractivity contribution is 0.151. The second-order valence-corrected chi connectivity index (χ2v) is 7.47. The molecule has 2 fully saturated rings. The van der Waals surface area contributed by atoms with Crippen LogP contribution in [0.1, 0.15) is 49.4 Å². The summed E-state index contributed by atoms with van der Waals surface area (Å²) in [7, 11) is 0. The number of hydrogen-bond acceptors (Lipinski definition) is 3. The number of guanidine groups is 1. The zero-order chi connectivity index (χ0) is 14.7. The van der Waals surface area contributed by atoms with Crippen molar-refractivity contribution in [1.82, 2.24) is 15.2 Å². The molecule has 0 radical (unpaired) electrons. The van der Waals surface area contributed by atoms with E-state index in [1.54, 1.807) is 11.3 Å². The predicted molar refractivity (Wildman–Crippen MR) is 104 cm³/mol. The molecular formula is C16H27IN4S. The highest BCUT2D eigenvalue weighted by Gasteiger charge is 2.43. The van der Waals surface area contributed by atoms with Gasteiger partial charge in [-0.25, -0.2) is 9.98 Å². The Morgan fingerprint density at radius 2 is 2.23 bits per heavy atom. The second kappa shape index (κ2) is 7.95. The van der Waals surface area contributed by atoms with Crippen LogP contribution in [0.4, 0.5) is 0 Å². The molecular weight excluding hydrogens is 407 g/mol. The number of aromatic nitrogens is 1. The van der Waals surface area contributed by atoms with Crippen molar-refractivity contribution in [2.75, 3.05) is 19.6 Å². The van der Waals surface area contributed by atoms with Gasteiger partial charge in [0.05, 0.1) is 6.54 Å². The summed E-state index contributed by atoms with van der Waals surface area (Å²) in [5, 5.41) is 4.58. The summed E-state index contributed by atoms with van der Waals surface area (Å²) in [5.74, 6) is 1.08. The number of rotatable bonds is 4. The maximum Gasteiger partial charge on any atom is 0.194 e. The summed E-state index contributed by atoms with van der Waals surface area (Å²) < 4.78 is 0. The zero-order valence-electron chi connectivity index (χ0n) is 13.6. The average Bonchev–Trinajstić information content (AvgIpc) is 3.09. The van der Waals surface area contributed by atoms with E-state index in [-0.39, 0.29) is 24.0 Å². The summed E-state index contributed by atoms with van der Waals surface area (Å²) in [6.07, 6.45) is 8.64. The summed E-state index contributed by atoms with van der Waals surface area (Å²) in [6.45, 7) is 8.30. The third kappa shape index (κ3) is 3.93. The second-order valence-electron chi connectivity index (χ2n) is 6.27. The molecule has 6 heteroatoms. The number of nitrogens with zero attached hydrogens (tertiary/aromatic N) is 3. The standard InChI is InChI=1S/C16H26N4S.HI/c1-3-13-10-18-14(21-13)11-19-15(17-4-2)20-9-8-16(12-20)6-5-7-16;/h10H,3-9,11-12H2,1-2H3,(H,17,19);1H. The lowest BCUT2D eigenvalue weighted by Crippen LogP contribution is -2.42. The Bertz CT molecular complexity index is 510. The Kier molecular flexibility index (Phi) is 6.49. The maximum absolute atomic E-state index is 4.82. The Morgan fingerprint density at radius 1 is 1.41 bits per heavy atom. The molecule has 1 saturated carbocycles. The van der Waals surface area contributed by atoms with Gasteiger partial charge in [-0.15, -0.1) is 35.3 Å². The first kappa shape index (κ1) is 18.0. The van der Waals surface area contributed by atoms with Crippen LogP contribution in [0.15, 0.2) is 11.2 Å². The highest BCUT2D eigenvalue weighted by Crippen LogP contribution is 2.47. The van der Waals surface area contributed by atoms with Crippen molar-refractivity contribution in [3.63, 3.8) is 0 Å². The fraction of sp³-hybridized carbons (Fsp3) is 0.750. The molecule has 0 unspecified atom stereocenters. The number of likely N-dealkylation sites (tertiary alicyclic amines) is 1. The normalized spacial score (nSPS) is 19.9. The largest absolute Gasteiger partial charge is 0.357 e. The SMILES string of the molecule is CCNC(=NCc1ncc(CC)s1)N1CCC2(CCC2)C1.I. The minimum absolute atomic E-state index is 0. The van der Waals surface area contributed by atoms with E-state index in [1.807, 2.05) is 6.20 Å². The summed E-state index contributed by atoms with van der Waals surface area (Å²) in [5.41, 5.74) is 0.618. The van der Waals surface area contributed by atoms with Gasteiger partial charge < -0.3 is 10.2 Å². The van der Waals surface area contributed by atoms with Crippen LogP contribution in [0.2, 0.25) is 0 Å². The molecule has 1 N–H and O–H groups in total. The Labute approximate surface area is 154 Å². The Balaban J connectivity index is 0.00000176. The fourth-order valence-electron chi connectivity index (χ4n) is 3.35. The molecule has 1 spiro atoms. The molecule has 1 saturated heterocycles. The van der Waals surface area contributed by atoms with E-state index in [1.165, 1.54) is 37.1 Å². The zero-order valence-corrected chi connectivity index (χ0v) is 16.7. The van der Waals surface area contributed by atoms with Crippen LogP contribution < -0.4 is 5.32 Å². The molecule has 0 atom stereocenters. The van der Waals surface area contributed by atoms with E-state index in [0.717, 1.165) is 30.5 Å². The van der Waals surface area contributed by atoms with Gasteiger partial charge in [-0.2, -0.15) is 0 Å². The molecule has 1 aliphatic carbocycles. The minimum Gasteiger partial charge on any atom is -0.357 e. The molecule has 0 aromatic carbocycles. The van der Waals surface area contributed by atoms with Gasteiger partial charge in [0.25, 0.3) is 0 Å². The van der Waals surface area contributed by atoms with Crippen LogP contribution in [-0.4, -0.2) is 35.5 Å². The lowest BCUT2D eigenvalue weighted by atomic mass is 9.68. The molecule has 0 bridgehead atoms. The molecule has 4 nitrogen and oxygen atoms in total. The summed E-state index contributed by atoms with van der Waals surface area (Å²) in [4.78, 5) is 13.1. The van der Waals surface area contributed by atoms with E-state index in [2.05, 4.69) is 29.0 Å². The quantitative estimate of drug-likeness (QED) is 0.447. The number of nitrogens with one attached hydrogen (secondary N) is 1. The van der Waals surface area contributed by atoms with Gasteiger partial charge in [0.2, 0.25) is 0 Å². The third-order valence-corrected chi connectivity index (χ3v) is 5.93. The highest BCUT2D eigenvalue weighted by atomic mass is 127. The minimum atomic E-state index is 0. The van der Waals surface area contributed by atoms with Gasteiger partial charge in [-0.3, -0.25) is 0 Å². The Morgan fingerprint density at radius 3 is 2.77 bits per heavy atom. The van der Waals surface area contributed by atoms with E-state index in [0.29, 0.717) is 12.0 Å². The first-order valence-corrected chi connectivity index (χ1v) is 9.03. The number of halogens is 1. The molecule has 2 heterocycles. The fourth-order valence-corrected chi connectivity index (χ4v) is 4.14. The van der Waals surface area contributed by atoms with Gasteiger partial charge in [0.15, 0.2) is 5.96 Å². The molecule has 1 aliphatic heterocycles. The van der Waals surface area contributed by atoms with Crippen LogP contribution in [0.3, 0.4) is 0 Å². The lowest BCUT2D eigenvalue weighted by Gasteiger charge is -2.38. The van der Waals surface area contributed by atoms with Crippen molar-refractivity contribution in [3.8, 4) is 0 Å². The van der Waals surface area contributed by atoms with Crippen molar-refractivity contribution in [2.24, 2.45) is 10.4 Å².